The summed E-state index contributed by atoms with van der Waals surface area (Å²) in [6.07, 6.45) is 3.48. The SMILES string of the molecule is O=C(O)CCN(C(=O)c1ccc2nc[nH]c2c1)C1CC1. The Hall–Kier alpha value is -2.37. The van der Waals surface area contributed by atoms with Gasteiger partial charge in [0.25, 0.3) is 5.91 Å². The Balaban J connectivity index is 1.82. The molecule has 1 aliphatic rings. The molecule has 1 saturated carbocycles. The number of hydrogen-bond acceptors (Lipinski definition) is 3. The van der Waals surface area contributed by atoms with Crippen LogP contribution in [0.4, 0.5) is 0 Å². The van der Waals surface area contributed by atoms with Gasteiger partial charge in [0.2, 0.25) is 0 Å². The van der Waals surface area contributed by atoms with Crippen LogP contribution in [0.2, 0.25) is 0 Å². The highest BCUT2D eigenvalue weighted by molar-refractivity contribution is 5.97. The molecule has 2 aromatic rings. The first-order valence-corrected chi connectivity index (χ1v) is 6.61. The van der Waals surface area contributed by atoms with Crippen LogP contribution >= 0.6 is 0 Å². The molecule has 2 N–H and O–H groups in total. The van der Waals surface area contributed by atoms with Crippen molar-refractivity contribution in [3.63, 3.8) is 0 Å². The summed E-state index contributed by atoms with van der Waals surface area (Å²) in [6, 6.07) is 5.49. The fourth-order valence-corrected chi connectivity index (χ4v) is 2.29. The van der Waals surface area contributed by atoms with Crippen LogP contribution in [0.15, 0.2) is 24.5 Å². The Bertz CT molecular complexity index is 660. The van der Waals surface area contributed by atoms with Crippen molar-refractivity contribution >= 4 is 22.9 Å². The van der Waals surface area contributed by atoms with Crippen molar-refractivity contribution in [3.05, 3.63) is 30.1 Å². The van der Waals surface area contributed by atoms with E-state index in [1.165, 1.54) is 0 Å². The number of carbonyl (C=O) groups excluding carboxylic acids is 1. The molecule has 0 bridgehead atoms. The molecule has 6 heteroatoms. The van der Waals surface area contributed by atoms with Gasteiger partial charge >= 0.3 is 5.97 Å². The van der Waals surface area contributed by atoms with Crippen LogP contribution in [0.5, 0.6) is 0 Å². The normalized spacial score (nSPS) is 14.4. The quantitative estimate of drug-likeness (QED) is 0.867. The van der Waals surface area contributed by atoms with Crippen molar-refractivity contribution in [1.82, 2.24) is 14.9 Å². The molecule has 1 aromatic carbocycles. The second kappa shape index (κ2) is 4.96. The lowest BCUT2D eigenvalue weighted by atomic mass is 10.1. The highest BCUT2D eigenvalue weighted by Gasteiger charge is 2.33. The number of amides is 1. The van der Waals surface area contributed by atoms with E-state index in [-0.39, 0.29) is 24.9 Å². The first-order chi connectivity index (χ1) is 9.65. The average Bonchev–Trinajstić information content (AvgIpc) is 3.15. The number of carboxylic acids is 1. The maximum atomic E-state index is 12.5. The van der Waals surface area contributed by atoms with Gasteiger partial charge in [-0.15, -0.1) is 0 Å². The van der Waals surface area contributed by atoms with Crippen LogP contribution in [0, 0.1) is 0 Å². The third-order valence-corrected chi connectivity index (χ3v) is 3.48. The minimum Gasteiger partial charge on any atom is -0.481 e. The highest BCUT2D eigenvalue weighted by atomic mass is 16.4. The number of hydrogen-bond donors (Lipinski definition) is 2. The van der Waals surface area contributed by atoms with Gasteiger partial charge in [-0.05, 0) is 31.0 Å². The minimum atomic E-state index is -0.882. The molecular weight excluding hydrogens is 258 g/mol. The third kappa shape index (κ3) is 2.49. The number of nitrogens with one attached hydrogen (secondary N) is 1. The molecule has 0 atom stereocenters. The van der Waals surface area contributed by atoms with Crippen LogP contribution < -0.4 is 0 Å². The summed E-state index contributed by atoms with van der Waals surface area (Å²) in [5.74, 6) is -0.988. The highest BCUT2D eigenvalue weighted by Crippen LogP contribution is 2.28. The van der Waals surface area contributed by atoms with Crippen molar-refractivity contribution in [3.8, 4) is 0 Å². The number of benzene rings is 1. The van der Waals surface area contributed by atoms with Crippen LogP contribution in [-0.2, 0) is 4.79 Å². The van der Waals surface area contributed by atoms with E-state index in [1.807, 2.05) is 0 Å². The van der Waals surface area contributed by atoms with Crippen LogP contribution in [0.25, 0.3) is 11.0 Å². The lowest BCUT2D eigenvalue weighted by Gasteiger charge is -2.21. The Morgan fingerprint density at radius 3 is 2.90 bits per heavy atom. The first kappa shape index (κ1) is 12.7. The van der Waals surface area contributed by atoms with Crippen molar-refractivity contribution in [1.29, 1.82) is 0 Å². The number of imidazole rings is 1. The molecule has 1 aromatic heterocycles. The third-order valence-electron chi connectivity index (χ3n) is 3.48. The van der Waals surface area contributed by atoms with Gasteiger partial charge in [0.1, 0.15) is 0 Å². The number of fused-ring (bicyclic) bond motifs is 1. The summed E-state index contributed by atoms with van der Waals surface area (Å²) in [7, 11) is 0. The molecule has 1 heterocycles. The monoisotopic (exact) mass is 273 g/mol. The average molecular weight is 273 g/mol. The molecule has 1 aliphatic carbocycles. The maximum absolute atomic E-state index is 12.5. The molecule has 6 nitrogen and oxygen atoms in total. The molecule has 3 rings (SSSR count). The lowest BCUT2D eigenvalue weighted by Crippen LogP contribution is -2.35. The second-order valence-electron chi connectivity index (χ2n) is 5.01. The fourth-order valence-electron chi connectivity index (χ4n) is 2.29. The predicted octanol–water partition coefficient (Wildman–Crippen LogP) is 1.64. The summed E-state index contributed by atoms with van der Waals surface area (Å²) in [6.45, 7) is 0.264. The zero-order valence-corrected chi connectivity index (χ0v) is 10.9. The largest absolute Gasteiger partial charge is 0.481 e. The topological polar surface area (TPSA) is 86.3 Å². The number of aromatic amines is 1. The first-order valence-electron chi connectivity index (χ1n) is 6.61. The summed E-state index contributed by atoms with van der Waals surface area (Å²) < 4.78 is 0. The molecule has 1 amide bonds. The molecular formula is C14H15N3O3. The van der Waals surface area contributed by atoms with E-state index in [1.54, 1.807) is 29.4 Å². The van der Waals surface area contributed by atoms with Crippen LogP contribution in [-0.4, -0.2) is 44.4 Å². The maximum Gasteiger partial charge on any atom is 0.305 e. The van der Waals surface area contributed by atoms with Crippen LogP contribution in [0.1, 0.15) is 29.6 Å². The number of aromatic nitrogens is 2. The van der Waals surface area contributed by atoms with Gasteiger partial charge in [0.15, 0.2) is 0 Å². The number of carbonyl (C=O) groups is 2. The Morgan fingerprint density at radius 2 is 2.20 bits per heavy atom. The molecule has 20 heavy (non-hydrogen) atoms. The number of rotatable bonds is 5. The van der Waals surface area contributed by atoms with Crippen molar-refractivity contribution in [2.24, 2.45) is 0 Å². The number of nitrogens with zero attached hydrogens (tertiary/aromatic N) is 2. The van der Waals surface area contributed by atoms with Crippen molar-refractivity contribution in [2.45, 2.75) is 25.3 Å². The molecule has 1 fully saturated rings. The van der Waals surface area contributed by atoms with Crippen LogP contribution in [0.3, 0.4) is 0 Å². The van der Waals surface area contributed by atoms with Gasteiger partial charge in [-0.2, -0.15) is 0 Å². The molecule has 0 spiro atoms. The zero-order valence-electron chi connectivity index (χ0n) is 10.9. The fraction of sp³-hybridized carbons (Fsp3) is 0.357. The standard InChI is InChI=1S/C14H15N3O3/c18-13(19)5-6-17(10-2-3-10)14(20)9-1-4-11-12(7-9)16-8-15-11/h1,4,7-8,10H,2-3,5-6H2,(H,15,16)(H,18,19). The van der Waals surface area contributed by atoms with Gasteiger partial charge in [0, 0.05) is 18.2 Å². The van der Waals surface area contributed by atoms with Crippen molar-refractivity contribution in [2.75, 3.05) is 6.54 Å². The smallest absolute Gasteiger partial charge is 0.305 e. The van der Waals surface area contributed by atoms with E-state index in [2.05, 4.69) is 9.97 Å². The van der Waals surface area contributed by atoms with E-state index >= 15 is 0 Å². The zero-order chi connectivity index (χ0) is 14.1. The summed E-state index contributed by atoms with van der Waals surface area (Å²) in [5, 5.41) is 8.78. The van der Waals surface area contributed by atoms with E-state index < -0.39 is 5.97 Å². The predicted molar refractivity (Wildman–Crippen MR) is 72.4 cm³/mol. The number of aliphatic carboxylic acids is 1. The molecule has 0 saturated heterocycles. The Labute approximate surface area is 115 Å². The van der Waals surface area contributed by atoms with Gasteiger partial charge in [-0.1, -0.05) is 0 Å². The molecule has 0 unspecified atom stereocenters. The van der Waals surface area contributed by atoms with Gasteiger partial charge in [-0.25, -0.2) is 4.98 Å². The molecule has 0 radical (unpaired) electrons. The number of H-pyrrole nitrogens is 1. The van der Waals surface area contributed by atoms with Gasteiger partial charge in [-0.3, -0.25) is 9.59 Å². The Kier molecular flexibility index (Phi) is 3.14. The summed E-state index contributed by atoms with van der Waals surface area (Å²) >= 11 is 0. The van der Waals surface area contributed by atoms with E-state index in [0.717, 1.165) is 23.9 Å². The van der Waals surface area contributed by atoms with Gasteiger partial charge in [0.05, 0.1) is 23.8 Å². The second-order valence-corrected chi connectivity index (χ2v) is 5.01. The minimum absolute atomic E-state index is 0.0193. The van der Waals surface area contributed by atoms with E-state index in [4.69, 9.17) is 5.11 Å². The lowest BCUT2D eigenvalue weighted by molar-refractivity contribution is -0.137. The molecule has 104 valence electrons. The van der Waals surface area contributed by atoms with Gasteiger partial charge < -0.3 is 15.0 Å². The van der Waals surface area contributed by atoms with Crippen molar-refractivity contribution < 1.29 is 14.7 Å². The molecule has 0 aliphatic heterocycles. The van der Waals surface area contributed by atoms with E-state index in [9.17, 15) is 9.59 Å². The summed E-state index contributed by atoms with van der Waals surface area (Å²) in [5.41, 5.74) is 2.19. The number of carboxylic acid groups (broad SMARTS) is 1. The van der Waals surface area contributed by atoms with E-state index in [0.29, 0.717) is 5.56 Å². The summed E-state index contributed by atoms with van der Waals surface area (Å²) in [4.78, 5) is 32.0. The Morgan fingerprint density at radius 1 is 1.40 bits per heavy atom.